The molecule has 0 bridgehead atoms. The zero-order valence-electron chi connectivity index (χ0n) is 10.6. The van der Waals surface area contributed by atoms with E-state index in [-0.39, 0.29) is 5.91 Å². The van der Waals surface area contributed by atoms with E-state index in [1.54, 1.807) is 25.4 Å². The molecular weight excluding hydrogens is 230 g/mol. The van der Waals surface area contributed by atoms with Crippen molar-refractivity contribution in [2.24, 2.45) is 5.92 Å². The summed E-state index contributed by atoms with van der Waals surface area (Å²) in [6, 6.07) is 3.53. The Morgan fingerprint density at radius 1 is 1.50 bits per heavy atom. The molecule has 0 radical (unpaired) electrons. The maximum atomic E-state index is 11.7. The van der Waals surface area contributed by atoms with Crippen LogP contribution >= 0.6 is 0 Å². The summed E-state index contributed by atoms with van der Waals surface area (Å²) < 4.78 is 5.44. The molecule has 1 heterocycles. The van der Waals surface area contributed by atoms with Crippen molar-refractivity contribution in [3.8, 4) is 0 Å². The molecule has 1 aliphatic rings. The molecule has 18 heavy (non-hydrogen) atoms. The smallest absolute Gasteiger partial charge is 0.252 e. The number of hydrogen-bond acceptors (Lipinski definition) is 4. The Bertz CT molecular complexity index is 388. The Hall–Kier alpha value is -1.62. The number of amides is 1. The van der Waals surface area contributed by atoms with Crippen LogP contribution in [0.5, 0.6) is 0 Å². The van der Waals surface area contributed by atoms with Crippen molar-refractivity contribution >= 4 is 11.7 Å². The van der Waals surface area contributed by atoms with Gasteiger partial charge in [0.2, 0.25) is 0 Å². The number of ether oxygens (including phenoxy) is 1. The summed E-state index contributed by atoms with van der Waals surface area (Å²) in [6.07, 6.45) is 4.14. The second-order valence-corrected chi connectivity index (χ2v) is 4.46. The summed E-state index contributed by atoms with van der Waals surface area (Å²) >= 11 is 0. The summed E-state index contributed by atoms with van der Waals surface area (Å²) in [6.45, 7) is 1.94. The van der Waals surface area contributed by atoms with Gasteiger partial charge in [0.05, 0.1) is 12.2 Å². The molecule has 2 N–H and O–H groups in total. The van der Waals surface area contributed by atoms with Crippen molar-refractivity contribution in [2.45, 2.75) is 12.8 Å². The Morgan fingerprint density at radius 2 is 2.33 bits per heavy atom. The molecule has 1 aromatic heterocycles. The first-order valence-corrected chi connectivity index (χ1v) is 6.29. The zero-order chi connectivity index (χ0) is 12.8. The molecule has 98 valence electrons. The molecule has 0 spiro atoms. The number of carbonyl (C=O) groups is 1. The monoisotopic (exact) mass is 249 g/mol. The number of hydrogen-bond donors (Lipinski definition) is 2. The van der Waals surface area contributed by atoms with Crippen LogP contribution in [0.2, 0.25) is 0 Å². The largest absolute Gasteiger partial charge is 0.379 e. The zero-order valence-corrected chi connectivity index (χ0v) is 10.6. The standard InChI is InChI=1S/C13H19N3O2/c1-14-12-5-4-11(8-16-12)13(17)15-6-7-18-9-10-2-3-10/h4-5,8,10H,2-3,6-7,9H2,1H3,(H,14,16)(H,15,17). The lowest BCUT2D eigenvalue weighted by Crippen LogP contribution is -2.27. The SMILES string of the molecule is CNc1ccc(C(=O)NCCOCC2CC2)cn1. The van der Waals surface area contributed by atoms with E-state index in [2.05, 4.69) is 15.6 Å². The Balaban J connectivity index is 1.65. The molecule has 1 aromatic rings. The molecule has 1 fully saturated rings. The molecular formula is C13H19N3O2. The minimum absolute atomic E-state index is 0.111. The van der Waals surface area contributed by atoms with Gasteiger partial charge < -0.3 is 15.4 Å². The highest BCUT2D eigenvalue weighted by molar-refractivity contribution is 5.94. The molecule has 1 aliphatic carbocycles. The Morgan fingerprint density at radius 3 is 2.94 bits per heavy atom. The van der Waals surface area contributed by atoms with Gasteiger partial charge >= 0.3 is 0 Å². The second kappa shape index (κ2) is 6.35. The van der Waals surface area contributed by atoms with Crippen molar-refractivity contribution in [3.63, 3.8) is 0 Å². The van der Waals surface area contributed by atoms with E-state index in [0.29, 0.717) is 18.7 Å². The highest BCUT2D eigenvalue weighted by Crippen LogP contribution is 2.28. The highest BCUT2D eigenvalue weighted by Gasteiger charge is 2.20. The van der Waals surface area contributed by atoms with Gasteiger partial charge in [-0.05, 0) is 30.9 Å². The summed E-state index contributed by atoms with van der Waals surface area (Å²) in [4.78, 5) is 15.8. The van der Waals surface area contributed by atoms with Gasteiger partial charge in [-0.15, -0.1) is 0 Å². The average Bonchev–Trinajstić information content (AvgIpc) is 3.22. The maximum Gasteiger partial charge on any atom is 0.252 e. The van der Waals surface area contributed by atoms with Gasteiger partial charge in [-0.1, -0.05) is 0 Å². The fourth-order valence-electron chi connectivity index (χ4n) is 1.55. The van der Waals surface area contributed by atoms with E-state index < -0.39 is 0 Å². The molecule has 0 unspecified atom stereocenters. The highest BCUT2D eigenvalue weighted by atomic mass is 16.5. The van der Waals surface area contributed by atoms with Crippen LogP contribution in [0.1, 0.15) is 23.2 Å². The van der Waals surface area contributed by atoms with Gasteiger partial charge in [0.25, 0.3) is 5.91 Å². The molecule has 1 saturated carbocycles. The molecule has 2 rings (SSSR count). The molecule has 5 nitrogen and oxygen atoms in total. The number of anilines is 1. The van der Waals surface area contributed by atoms with Gasteiger partial charge in [-0.2, -0.15) is 0 Å². The van der Waals surface area contributed by atoms with E-state index in [9.17, 15) is 4.79 Å². The van der Waals surface area contributed by atoms with Crippen LogP contribution in [0, 0.1) is 5.92 Å². The first-order chi connectivity index (χ1) is 8.79. The third kappa shape index (κ3) is 4.00. The fraction of sp³-hybridized carbons (Fsp3) is 0.538. The predicted octanol–water partition coefficient (Wildman–Crippen LogP) is 1.28. The van der Waals surface area contributed by atoms with Crippen LogP contribution in [-0.2, 0) is 4.74 Å². The number of carbonyl (C=O) groups excluding carboxylic acids is 1. The third-order valence-corrected chi connectivity index (χ3v) is 2.86. The van der Waals surface area contributed by atoms with E-state index in [0.717, 1.165) is 18.3 Å². The van der Waals surface area contributed by atoms with E-state index in [4.69, 9.17) is 4.74 Å². The minimum atomic E-state index is -0.111. The number of aromatic nitrogens is 1. The number of pyridine rings is 1. The molecule has 0 aliphatic heterocycles. The molecule has 0 aromatic carbocycles. The predicted molar refractivity (Wildman–Crippen MR) is 69.7 cm³/mol. The van der Waals surface area contributed by atoms with Crippen LogP contribution in [0.25, 0.3) is 0 Å². The number of nitrogens with one attached hydrogen (secondary N) is 2. The van der Waals surface area contributed by atoms with Crippen LogP contribution in [0.3, 0.4) is 0 Å². The first kappa shape index (κ1) is 12.8. The summed E-state index contributed by atoms with van der Waals surface area (Å²) in [5, 5.41) is 5.71. The summed E-state index contributed by atoms with van der Waals surface area (Å²) in [5.74, 6) is 1.40. The van der Waals surface area contributed by atoms with Crippen LogP contribution in [0.15, 0.2) is 18.3 Å². The lowest BCUT2D eigenvalue weighted by molar-refractivity contribution is 0.0906. The van der Waals surface area contributed by atoms with Gasteiger partial charge in [-0.3, -0.25) is 4.79 Å². The fourth-order valence-corrected chi connectivity index (χ4v) is 1.55. The molecule has 0 saturated heterocycles. The maximum absolute atomic E-state index is 11.7. The van der Waals surface area contributed by atoms with Crippen LogP contribution in [-0.4, -0.2) is 37.7 Å². The van der Waals surface area contributed by atoms with Crippen molar-refractivity contribution in [1.29, 1.82) is 0 Å². The third-order valence-electron chi connectivity index (χ3n) is 2.86. The van der Waals surface area contributed by atoms with E-state index in [1.807, 2.05) is 0 Å². The van der Waals surface area contributed by atoms with Crippen LogP contribution < -0.4 is 10.6 Å². The first-order valence-electron chi connectivity index (χ1n) is 6.29. The molecule has 0 atom stereocenters. The van der Waals surface area contributed by atoms with Gasteiger partial charge in [0.15, 0.2) is 0 Å². The average molecular weight is 249 g/mol. The van der Waals surface area contributed by atoms with E-state index >= 15 is 0 Å². The van der Waals surface area contributed by atoms with Crippen molar-refractivity contribution < 1.29 is 9.53 Å². The lowest BCUT2D eigenvalue weighted by atomic mass is 10.2. The van der Waals surface area contributed by atoms with Crippen molar-refractivity contribution in [2.75, 3.05) is 32.1 Å². The minimum Gasteiger partial charge on any atom is -0.379 e. The topological polar surface area (TPSA) is 63.2 Å². The van der Waals surface area contributed by atoms with Gasteiger partial charge in [-0.25, -0.2) is 4.98 Å². The van der Waals surface area contributed by atoms with Crippen molar-refractivity contribution in [3.05, 3.63) is 23.9 Å². The molecule has 5 heteroatoms. The van der Waals surface area contributed by atoms with Crippen molar-refractivity contribution in [1.82, 2.24) is 10.3 Å². The van der Waals surface area contributed by atoms with Gasteiger partial charge in [0.1, 0.15) is 5.82 Å². The van der Waals surface area contributed by atoms with E-state index in [1.165, 1.54) is 12.8 Å². The number of rotatable bonds is 7. The quantitative estimate of drug-likeness (QED) is 0.715. The summed E-state index contributed by atoms with van der Waals surface area (Å²) in [7, 11) is 1.79. The normalized spacial score (nSPS) is 14.3. The number of nitrogens with zero attached hydrogens (tertiary/aromatic N) is 1. The summed E-state index contributed by atoms with van der Waals surface area (Å²) in [5.41, 5.74) is 0.566. The Labute approximate surface area is 107 Å². The van der Waals surface area contributed by atoms with Gasteiger partial charge in [0, 0.05) is 26.4 Å². The lowest BCUT2D eigenvalue weighted by Gasteiger charge is -2.06. The van der Waals surface area contributed by atoms with Crippen LogP contribution in [0.4, 0.5) is 5.82 Å². The Kier molecular flexibility index (Phi) is 4.52. The molecule has 1 amide bonds. The second-order valence-electron chi connectivity index (χ2n) is 4.46.